The quantitative estimate of drug-likeness (QED) is 0.421. The summed E-state index contributed by atoms with van der Waals surface area (Å²) in [5.74, 6) is 1.97. The zero-order valence-electron chi connectivity index (χ0n) is 14.3. The molecule has 3 atom stereocenters. The Morgan fingerprint density at radius 3 is 2.33 bits per heavy atom. The third-order valence-corrected chi connectivity index (χ3v) is 4.51. The Labute approximate surface area is 162 Å². The van der Waals surface area contributed by atoms with Gasteiger partial charge < -0.3 is 10.6 Å². The number of hydrogen-bond donors (Lipinski definition) is 2. The minimum absolute atomic E-state index is 0. The lowest BCUT2D eigenvalue weighted by Crippen LogP contribution is -2.40. The van der Waals surface area contributed by atoms with Gasteiger partial charge in [-0.3, -0.25) is 4.99 Å². The predicted octanol–water partition coefficient (Wildman–Crippen LogP) is 4.13. The molecular weight excluding hydrogens is 409 g/mol. The maximum Gasteiger partial charge on any atom is 0.191 e. The van der Waals surface area contributed by atoms with Gasteiger partial charge >= 0.3 is 0 Å². The van der Waals surface area contributed by atoms with Crippen molar-refractivity contribution in [2.45, 2.75) is 31.2 Å². The van der Waals surface area contributed by atoms with Crippen molar-refractivity contribution in [1.29, 1.82) is 0 Å². The molecule has 1 fully saturated rings. The number of guanidine groups is 1. The number of nitrogens with one attached hydrogen (secondary N) is 2. The number of benzene rings is 2. The van der Waals surface area contributed by atoms with E-state index < -0.39 is 0 Å². The SMILES string of the molecule is CN=C(NCC(C)c1ccccc1)NC1CC1c1ccccc1.I. The maximum atomic E-state index is 4.36. The van der Waals surface area contributed by atoms with E-state index in [1.54, 1.807) is 0 Å². The van der Waals surface area contributed by atoms with Gasteiger partial charge in [-0.05, 0) is 23.5 Å². The van der Waals surface area contributed by atoms with Crippen molar-refractivity contribution in [1.82, 2.24) is 10.6 Å². The second-order valence-corrected chi connectivity index (χ2v) is 6.27. The fourth-order valence-electron chi connectivity index (χ4n) is 2.94. The summed E-state index contributed by atoms with van der Waals surface area (Å²) in [6.45, 7) is 3.12. The molecule has 1 aliphatic carbocycles. The van der Waals surface area contributed by atoms with E-state index in [4.69, 9.17) is 0 Å². The van der Waals surface area contributed by atoms with E-state index in [1.807, 2.05) is 7.05 Å². The zero-order valence-corrected chi connectivity index (χ0v) is 16.6. The van der Waals surface area contributed by atoms with Gasteiger partial charge in [-0.25, -0.2) is 0 Å². The molecule has 3 rings (SSSR count). The molecule has 128 valence electrons. The first kappa shape index (κ1) is 18.8. The summed E-state index contributed by atoms with van der Waals surface area (Å²) in [7, 11) is 1.84. The molecule has 2 aromatic carbocycles. The van der Waals surface area contributed by atoms with Gasteiger partial charge in [0.25, 0.3) is 0 Å². The molecule has 0 bridgehead atoms. The Bertz CT molecular complexity index is 642. The number of nitrogens with zero attached hydrogens (tertiary/aromatic N) is 1. The first-order valence-electron chi connectivity index (χ1n) is 8.35. The topological polar surface area (TPSA) is 36.4 Å². The van der Waals surface area contributed by atoms with Crippen molar-refractivity contribution in [2.24, 2.45) is 4.99 Å². The monoisotopic (exact) mass is 435 g/mol. The molecule has 4 heteroatoms. The van der Waals surface area contributed by atoms with Crippen molar-refractivity contribution < 1.29 is 0 Å². The molecule has 0 aromatic heterocycles. The van der Waals surface area contributed by atoms with Crippen LogP contribution in [0.5, 0.6) is 0 Å². The number of rotatable bonds is 5. The normalized spacial score (nSPS) is 20.7. The highest BCUT2D eigenvalue weighted by Crippen LogP contribution is 2.40. The lowest BCUT2D eigenvalue weighted by molar-refractivity contribution is 0.695. The van der Waals surface area contributed by atoms with Gasteiger partial charge in [-0.2, -0.15) is 0 Å². The van der Waals surface area contributed by atoms with Crippen LogP contribution in [0.1, 0.15) is 36.3 Å². The van der Waals surface area contributed by atoms with Crippen LogP contribution in [0.2, 0.25) is 0 Å². The molecule has 0 radical (unpaired) electrons. The second-order valence-electron chi connectivity index (χ2n) is 6.27. The van der Waals surface area contributed by atoms with Gasteiger partial charge in [0.05, 0.1) is 0 Å². The Balaban J connectivity index is 0.00000208. The predicted molar refractivity (Wildman–Crippen MR) is 112 cm³/mol. The zero-order chi connectivity index (χ0) is 16.1. The van der Waals surface area contributed by atoms with Gasteiger partial charge in [0.15, 0.2) is 5.96 Å². The third-order valence-electron chi connectivity index (χ3n) is 4.51. The summed E-state index contributed by atoms with van der Waals surface area (Å²) in [4.78, 5) is 4.36. The molecule has 3 unspecified atom stereocenters. The minimum Gasteiger partial charge on any atom is -0.356 e. The molecule has 2 aromatic rings. The Morgan fingerprint density at radius 1 is 1.08 bits per heavy atom. The second kappa shape index (κ2) is 9.06. The number of aliphatic imine (C=N–C) groups is 1. The van der Waals surface area contributed by atoms with Gasteiger partial charge in [-0.15, -0.1) is 24.0 Å². The van der Waals surface area contributed by atoms with Gasteiger partial charge in [0.1, 0.15) is 0 Å². The summed E-state index contributed by atoms with van der Waals surface area (Å²) < 4.78 is 0. The van der Waals surface area contributed by atoms with Crippen LogP contribution in [-0.2, 0) is 0 Å². The molecular formula is C20H26IN3. The average molecular weight is 435 g/mol. The molecule has 24 heavy (non-hydrogen) atoms. The molecule has 0 amide bonds. The largest absolute Gasteiger partial charge is 0.356 e. The fraction of sp³-hybridized carbons (Fsp3) is 0.350. The smallest absolute Gasteiger partial charge is 0.191 e. The van der Waals surface area contributed by atoms with Gasteiger partial charge in [0, 0.05) is 25.6 Å². The standard InChI is InChI=1S/C20H25N3.HI/c1-15(16-9-5-3-6-10-16)14-22-20(21-2)23-19-13-18(19)17-11-7-4-8-12-17;/h3-12,15,18-19H,13-14H2,1-2H3,(H2,21,22,23);1H. The van der Waals surface area contributed by atoms with Gasteiger partial charge in [-0.1, -0.05) is 67.6 Å². The summed E-state index contributed by atoms with van der Waals surface area (Å²) in [6, 6.07) is 21.8. The van der Waals surface area contributed by atoms with Crippen molar-refractivity contribution >= 4 is 29.9 Å². The van der Waals surface area contributed by atoms with Crippen LogP contribution in [0.3, 0.4) is 0 Å². The van der Waals surface area contributed by atoms with Crippen LogP contribution in [0, 0.1) is 0 Å². The van der Waals surface area contributed by atoms with Crippen LogP contribution in [0.25, 0.3) is 0 Å². The summed E-state index contributed by atoms with van der Waals surface area (Å²) in [5, 5.41) is 6.98. The highest BCUT2D eigenvalue weighted by molar-refractivity contribution is 14.0. The molecule has 1 aliphatic rings. The minimum atomic E-state index is 0. The molecule has 0 spiro atoms. The Morgan fingerprint density at radius 2 is 1.71 bits per heavy atom. The number of halogens is 1. The molecule has 3 nitrogen and oxygen atoms in total. The van der Waals surface area contributed by atoms with E-state index in [2.05, 4.69) is 83.2 Å². The first-order chi connectivity index (χ1) is 11.3. The summed E-state index contributed by atoms with van der Waals surface area (Å²) in [5.41, 5.74) is 2.77. The van der Waals surface area contributed by atoms with Crippen molar-refractivity contribution in [3.05, 3.63) is 71.8 Å². The lowest BCUT2D eigenvalue weighted by Gasteiger charge is -2.16. The maximum absolute atomic E-state index is 4.36. The Kier molecular flexibility index (Phi) is 7.09. The van der Waals surface area contributed by atoms with Crippen LogP contribution < -0.4 is 10.6 Å². The van der Waals surface area contributed by atoms with Crippen molar-refractivity contribution in [3.63, 3.8) is 0 Å². The van der Waals surface area contributed by atoms with E-state index >= 15 is 0 Å². The van der Waals surface area contributed by atoms with Crippen LogP contribution in [0.4, 0.5) is 0 Å². The summed E-state index contributed by atoms with van der Waals surface area (Å²) >= 11 is 0. The highest BCUT2D eigenvalue weighted by Gasteiger charge is 2.38. The molecule has 0 heterocycles. The van der Waals surface area contributed by atoms with E-state index in [0.717, 1.165) is 12.5 Å². The fourth-order valence-corrected chi connectivity index (χ4v) is 2.94. The summed E-state index contributed by atoms with van der Waals surface area (Å²) in [6.07, 6.45) is 1.18. The van der Waals surface area contributed by atoms with Crippen LogP contribution >= 0.6 is 24.0 Å². The lowest BCUT2D eigenvalue weighted by atomic mass is 10.0. The van der Waals surface area contributed by atoms with Crippen molar-refractivity contribution in [3.8, 4) is 0 Å². The Hall–Kier alpha value is -1.56. The van der Waals surface area contributed by atoms with Gasteiger partial charge in [0.2, 0.25) is 0 Å². The van der Waals surface area contributed by atoms with Crippen molar-refractivity contribution in [2.75, 3.05) is 13.6 Å². The van der Waals surface area contributed by atoms with Crippen LogP contribution in [-0.4, -0.2) is 25.6 Å². The van der Waals surface area contributed by atoms with Crippen LogP contribution in [0.15, 0.2) is 65.7 Å². The van der Waals surface area contributed by atoms with E-state index in [1.165, 1.54) is 17.5 Å². The molecule has 0 aliphatic heterocycles. The molecule has 0 saturated heterocycles. The van der Waals surface area contributed by atoms with E-state index in [-0.39, 0.29) is 24.0 Å². The van der Waals surface area contributed by atoms with E-state index in [9.17, 15) is 0 Å². The highest BCUT2D eigenvalue weighted by atomic mass is 127. The molecule has 1 saturated carbocycles. The third kappa shape index (κ3) is 4.97. The first-order valence-corrected chi connectivity index (χ1v) is 8.35. The molecule has 2 N–H and O–H groups in total. The average Bonchev–Trinajstić information content (AvgIpc) is 3.39. The van der Waals surface area contributed by atoms with E-state index in [0.29, 0.717) is 17.9 Å². The number of hydrogen-bond acceptors (Lipinski definition) is 1.